The van der Waals surface area contributed by atoms with Gasteiger partial charge in [0.2, 0.25) is 5.91 Å². The fourth-order valence-electron chi connectivity index (χ4n) is 1.47. The Kier molecular flexibility index (Phi) is 5.23. The van der Waals surface area contributed by atoms with E-state index in [2.05, 4.69) is 5.32 Å². The van der Waals surface area contributed by atoms with E-state index in [0.29, 0.717) is 19.4 Å². The summed E-state index contributed by atoms with van der Waals surface area (Å²) >= 11 is 0. The first-order valence-corrected chi connectivity index (χ1v) is 5.86. The van der Waals surface area contributed by atoms with Gasteiger partial charge in [0, 0.05) is 44.5 Å². The van der Waals surface area contributed by atoms with Crippen LogP contribution in [0.4, 0.5) is 0 Å². The van der Waals surface area contributed by atoms with Gasteiger partial charge in [-0.05, 0) is 0 Å². The molecule has 0 aliphatic carbocycles. The van der Waals surface area contributed by atoms with Crippen molar-refractivity contribution in [3.8, 4) is 0 Å². The molecule has 0 unspecified atom stereocenters. The van der Waals surface area contributed by atoms with E-state index in [9.17, 15) is 19.2 Å². The van der Waals surface area contributed by atoms with E-state index >= 15 is 0 Å². The number of ketones is 1. The molecule has 18 heavy (non-hydrogen) atoms. The molecule has 1 aliphatic rings. The molecule has 98 valence electrons. The molecule has 0 aromatic rings. The number of nitrogens with one attached hydrogen (secondary N) is 1. The van der Waals surface area contributed by atoms with E-state index in [4.69, 9.17) is 0 Å². The molecular formula is C12H16N2O4. The number of imide groups is 1. The molecule has 1 aliphatic heterocycles. The molecule has 6 nitrogen and oxygen atoms in total. The van der Waals surface area contributed by atoms with Crippen molar-refractivity contribution < 1.29 is 19.2 Å². The summed E-state index contributed by atoms with van der Waals surface area (Å²) < 4.78 is 0. The van der Waals surface area contributed by atoms with Gasteiger partial charge in [0.1, 0.15) is 5.78 Å². The van der Waals surface area contributed by atoms with Crippen molar-refractivity contribution in [1.29, 1.82) is 0 Å². The average molecular weight is 252 g/mol. The lowest BCUT2D eigenvalue weighted by atomic mass is 10.2. The molecule has 0 radical (unpaired) electrons. The van der Waals surface area contributed by atoms with Crippen LogP contribution in [0.1, 0.15) is 26.2 Å². The number of hydrogen-bond acceptors (Lipinski definition) is 4. The van der Waals surface area contributed by atoms with Crippen LogP contribution < -0.4 is 5.32 Å². The molecule has 1 rings (SSSR count). The molecule has 0 spiro atoms. The van der Waals surface area contributed by atoms with Gasteiger partial charge in [-0.2, -0.15) is 0 Å². The largest absolute Gasteiger partial charge is 0.356 e. The Hall–Kier alpha value is -1.98. The Morgan fingerprint density at radius 3 is 2.33 bits per heavy atom. The van der Waals surface area contributed by atoms with E-state index in [-0.39, 0.29) is 24.7 Å². The Balaban J connectivity index is 2.19. The van der Waals surface area contributed by atoms with Crippen LogP contribution in [0.3, 0.4) is 0 Å². The predicted octanol–water partition coefficient (Wildman–Crippen LogP) is -0.213. The molecule has 1 N–H and O–H groups in total. The van der Waals surface area contributed by atoms with Gasteiger partial charge in [-0.25, -0.2) is 0 Å². The molecular weight excluding hydrogens is 236 g/mol. The SMILES string of the molecule is CCC(=O)CCNC(=O)CCN1C(=O)C=CC1=O. The van der Waals surface area contributed by atoms with Crippen LogP contribution in [-0.4, -0.2) is 41.5 Å². The number of Topliss-reactive ketones (excluding diaryl/α,β-unsaturated/α-hetero) is 1. The highest BCUT2D eigenvalue weighted by atomic mass is 16.2. The molecule has 0 fully saturated rings. The summed E-state index contributed by atoms with van der Waals surface area (Å²) in [4.78, 5) is 45.8. The summed E-state index contributed by atoms with van der Waals surface area (Å²) in [6.45, 7) is 2.13. The molecule has 0 aromatic carbocycles. The average Bonchev–Trinajstić information content (AvgIpc) is 2.66. The Morgan fingerprint density at radius 1 is 1.17 bits per heavy atom. The fraction of sp³-hybridized carbons (Fsp3) is 0.500. The van der Waals surface area contributed by atoms with E-state index in [0.717, 1.165) is 4.90 Å². The number of carbonyl (C=O) groups excluding carboxylic acids is 4. The van der Waals surface area contributed by atoms with Crippen LogP contribution in [0.25, 0.3) is 0 Å². The van der Waals surface area contributed by atoms with Crippen LogP contribution in [0.5, 0.6) is 0 Å². The van der Waals surface area contributed by atoms with Crippen LogP contribution in [0.15, 0.2) is 12.2 Å². The van der Waals surface area contributed by atoms with E-state index < -0.39 is 11.8 Å². The summed E-state index contributed by atoms with van der Waals surface area (Å²) in [5.41, 5.74) is 0. The third-order valence-corrected chi connectivity index (χ3v) is 2.58. The molecule has 6 heteroatoms. The summed E-state index contributed by atoms with van der Waals surface area (Å²) in [6.07, 6.45) is 3.18. The minimum atomic E-state index is -0.394. The third kappa shape index (κ3) is 4.12. The minimum absolute atomic E-state index is 0.0550. The molecule has 0 saturated carbocycles. The third-order valence-electron chi connectivity index (χ3n) is 2.58. The minimum Gasteiger partial charge on any atom is -0.356 e. The topological polar surface area (TPSA) is 83.6 Å². The highest BCUT2D eigenvalue weighted by Crippen LogP contribution is 2.03. The van der Waals surface area contributed by atoms with Crippen LogP contribution >= 0.6 is 0 Å². The Bertz CT molecular complexity index is 383. The van der Waals surface area contributed by atoms with Crippen molar-refractivity contribution >= 4 is 23.5 Å². The predicted molar refractivity (Wildman–Crippen MR) is 63.4 cm³/mol. The summed E-state index contributed by atoms with van der Waals surface area (Å²) in [5, 5.41) is 2.57. The van der Waals surface area contributed by atoms with Crippen molar-refractivity contribution in [2.24, 2.45) is 0 Å². The maximum absolute atomic E-state index is 11.4. The lowest BCUT2D eigenvalue weighted by Gasteiger charge is -2.13. The van der Waals surface area contributed by atoms with Gasteiger partial charge >= 0.3 is 0 Å². The fourth-order valence-corrected chi connectivity index (χ4v) is 1.47. The van der Waals surface area contributed by atoms with Crippen molar-refractivity contribution in [3.63, 3.8) is 0 Å². The number of nitrogens with zero attached hydrogens (tertiary/aromatic N) is 1. The number of carbonyl (C=O) groups is 4. The zero-order valence-electron chi connectivity index (χ0n) is 10.3. The van der Waals surface area contributed by atoms with E-state index in [1.165, 1.54) is 12.2 Å². The second-order valence-electron chi connectivity index (χ2n) is 3.90. The van der Waals surface area contributed by atoms with Crippen molar-refractivity contribution in [2.75, 3.05) is 13.1 Å². The quantitative estimate of drug-likeness (QED) is 0.635. The standard InChI is InChI=1S/C12H16N2O4/c1-2-9(15)5-7-13-10(16)6-8-14-11(17)3-4-12(14)18/h3-4H,2,5-8H2,1H3,(H,13,16). The molecule has 0 aromatic heterocycles. The maximum Gasteiger partial charge on any atom is 0.253 e. The van der Waals surface area contributed by atoms with Crippen LogP contribution in [0, 0.1) is 0 Å². The first-order chi connectivity index (χ1) is 8.54. The van der Waals surface area contributed by atoms with Crippen molar-refractivity contribution in [2.45, 2.75) is 26.2 Å². The van der Waals surface area contributed by atoms with Gasteiger partial charge in [-0.1, -0.05) is 6.92 Å². The maximum atomic E-state index is 11.4. The van der Waals surface area contributed by atoms with Gasteiger partial charge < -0.3 is 5.32 Å². The first-order valence-electron chi connectivity index (χ1n) is 5.86. The lowest BCUT2D eigenvalue weighted by Crippen LogP contribution is -2.35. The second-order valence-corrected chi connectivity index (χ2v) is 3.90. The van der Waals surface area contributed by atoms with E-state index in [1.54, 1.807) is 6.92 Å². The summed E-state index contributed by atoms with van der Waals surface area (Å²) in [7, 11) is 0. The smallest absolute Gasteiger partial charge is 0.253 e. The normalized spacial score (nSPS) is 14.2. The van der Waals surface area contributed by atoms with Gasteiger partial charge in [-0.3, -0.25) is 24.1 Å². The summed E-state index contributed by atoms with van der Waals surface area (Å²) in [6, 6.07) is 0. The second kappa shape index (κ2) is 6.68. The van der Waals surface area contributed by atoms with Crippen molar-refractivity contribution in [3.05, 3.63) is 12.2 Å². The summed E-state index contributed by atoms with van der Waals surface area (Å²) in [5.74, 6) is -0.973. The van der Waals surface area contributed by atoms with Gasteiger partial charge in [-0.15, -0.1) is 0 Å². The lowest BCUT2D eigenvalue weighted by molar-refractivity contribution is -0.137. The Labute approximate surface area is 105 Å². The van der Waals surface area contributed by atoms with Gasteiger partial charge in [0.05, 0.1) is 0 Å². The number of hydrogen-bond donors (Lipinski definition) is 1. The zero-order chi connectivity index (χ0) is 13.5. The first kappa shape index (κ1) is 14.1. The van der Waals surface area contributed by atoms with Crippen LogP contribution in [-0.2, 0) is 19.2 Å². The molecule has 0 atom stereocenters. The molecule has 1 heterocycles. The highest BCUT2D eigenvalue weighted by Gasteiger charge is 2.23. The molecule has 3 amide bonds. The van der Waals surface area contributed by atoms with Crippen LogP contribution in [0.2, 0.25) is 0 Å². The number of amides is 3. The monoisotopic (exact) mass is 252 g/mol. The number of rotatable bonds is 7. The molecule has 0 bridgehead atoms. The highest BCUT2D eigenvalue weighted by molar-refractivity contribution is 6.13. The molecule has 0 saturated heterocycles. The zero-order valence-corrected chi connectivity index (χ0v) is 10.3. The Morgan fingerprint density at radius 2 is 1.78 bits per heavy atom. The van der Waals surface area contributed by atoms with Gasteiger partial charge in [0.25, 0.3) is 11.8 Å². The van der Waals surface area contributed by atoms with E-state index in [1.807, 2.05) is 0 Å². The van der Waals surface area contributed by atoms with Crippen molar-refractivity contribution in [1.82, 2.24) is 10.2 Å². The van der Waals surface area contributed by atoms with Gasteiger partial charge in [0.15, 0.2) is 0 Å².